The molecule has 0 spiro atoms. The van der Waals surface area contributed by atoms with Gasteiger partial charge in [0, 0.05) is 37.1 Å². The van der Waals surface area contributed by atoms with Gasteiger partial charge in [-0.25, -0.2) is 9.18 Å². The highest BCUT2D eigenvalue weighted by Gasteiger charge is 2.56. The van der Waals surface area contributed by atoms with Crippen LogP contribution in [0.3, 0.4) is 0 Å². The van der Waals surface area contributed by atoms with E-state index in [9.17, 15) is 14.0 Å². The number of nitrogens with one attached hydrogen (secondary N) is 2. The summed E-state index contributed by atoms with van der Waals surface area (Å²) in [5.74, 6) is 2.53. The van der Waals surface area contributed by atoms with Gasteiger partial charge in [0.1, 0.15) is 5.82 Å². The van der Waals surface area contributed by atoms with E-state index in [0.717, 1.165) is 18.2 Å². The number of carbonyl (C=O) groups is 2. The third-order valence-electron chi connectivity index (χ3n) is 5.17. The molecule has 1 saturated carbocycles. The number of anilines is 1. The summed E-state index contributed by atoms with van der Waals surface area (Å²) in [7, 11) is 0. The van der Waals surface area contributed by atoms with Gasteiger partial charge < -0.3 is 20.4 Å². The Balaban J connectivity index is 1.20. The minimum atomic E-state index is -0.323. The van der Waals surface area contributed by atoms with Gasteiger partial charge in [0.25, 0.3) is 0 Å². The first-order chi connectivity index (χ1) is 12.1. The minimum Gasteiger partial charge on any atom is -0.332 e. The number of fused-ring (bicyclic) bond motifs is 1. The van der Waals surface area contributed by atoms with Gasteiger partial charge in [-0.05, 0) is 36.1 Å². The summed E-state index contributed by atoms with van der Waals surface area (Å²) in [6, 6.07) is 5.95. The zero-order valence-electron chi connectivity index (χ0n) is 13.8. The highest BCUT2D eigenvalue weighted by Crippen LogP contribution is 2.45. The Morgan fingerprint density at radius 2 is 1.88 bits per heavy atom. The summed E-state index contributed by atoms with van der Waals surface area (Å²) < 4.78 is 12.9. The first-order valence-corrected chi connectivity index (χ1v) is 9.68. The van der Waals surface area contributed by atoms with Crippen molar-refractivity contribution in [2.45, 2.75) is 6.04 Å². The summed E-state index contributed by atoms with van der Waals surface area (Å²) >= 11 is 1.79. The Hall–Kier alpha value is -1.80. The van der Waals surface area contributed by atoms with E-state index in [-0.39, 0.29) is 17.8 Å². The van der Waals surface area contributed by atoms with Crippen molar-refractivity contribution >= 4 is 29.4 Å². The Morgan fingerprint density at radius 3 is 2.52 bits per heavy atom. The third kappa shape index (κ3) is 3.59. The first kappa shape index (κ1) is 16.7. The molecule has 8 heteroatoms. The Morgan fingerprint density at radius 1 is 1.16 bits per heavy atom. The molecule has 2 saturated heterocycles. The molecule has 0 aromatic heterocycles. The maximum atomic E-state index is 12.9. The number of amides is 3. The number of nitrogens with zero attached hydrogens (tertiary/aromatic N) is 2. The van der Waals surface area contributed by atoms with Gasteiger partial charge in [-0.3, -0.25) is 4.79 Å². The fraction of sp³-hybridized carbons (Fsp3) is 0.529. The smallest absolute Gasteiger partial charge is 0.321 e. The zero-order chi connectivity index (χ0) is 17.4. The molecule has 6 nitrogen and oxygen atoms in total. The van der Waals surface area contributed by atoms with Gasteiger partial charge in [0.05, 0.1) is 12.4 Å². The second kappa shape index (κ2) is 6.84. The van der Waals surface area contributed by atoms with Crippen LogP contribution in [0.4, 0.5) is 14.9 Å². The zero-order valence-corrected chi connectivity index (χ0v) is 14.6. The quantitative estimate of drug-likeness (QED) is 0.848. The molecule has 2 unspecified atom stereocenters. The summed E-state index contributed by atoms with van der Waals surface area (Å²) in [5, 5.41) is 6.14. The lowest BCUT2D eigenvalue weighted by Crippen LogP contribution is -2.41. The molecule has 2 N–H and O–H groups in total. The predicted octanol–water partition coefficient (Wildman–Crippen LogP) is 1.41. The van der Waals surface area contributed by atoms with Gasteiger partial charge in [0.2, 0.25) is 5.91 Å². The summed E-state index contributed by atoms with van der Waals surface area (Å²) in [6.45, 7) is 2.63. The highest BCUT2D eigenvalue weighted by molar-refractivity contribution is 7.99. The van der Waals surface area contributed by atoms with Gasteiger partial charge in [-0.15, -0.1) is 11.8 Å². The monoisotopic (exact) mass is 364 g/mol. The lowest BCUT2D eigenvalue weighted by molar-refractivity contribution is -0.128. The molecule has 2 heterocycles. The van der Waals surface area contributed by atoms with E-state index in [1.54, 1.807) is 28.8 Å². The van der Waals surface area contributed by atoms with Crippen molar-refractivity contribution in [1.82, 2.24) is 15.1 Å². The van der Waals surface area contributed by atoms with Crippen molar-refractivity contribution in [3.05, 3.63) is 30.1 Å². The fourth-order valence-electron chi connectivity index (χ4n) is 3.66. The fourth-order valence-corrected chi connectivity index (χ4v) is 4.63. The molecule has 1 aromatic rings. The lowest BCUT2D eigenvalue weighted by atomic mass is 10.3. The van der Waals surface area contributed by atoms with E-state index in [1.807, 2.05) is 4.90 Å². The van der Waals surface area contributed by atoms with E-state index in [0.29, 0.717) is 43.2 Å². The van der Waals surface area contributed by atoms with Crippen molar-refractivity contribution in [2.75, 3.05) is 43.1 Å². The van der Waals surface area contributed by atoms with Gasteiger partial charge in [-0.2, -0.15) is 0 Å². The van der Waals surface area contributed by atoms with Crippen LogP contribution in [0.25, 0.3) is 0 Å². The van der Waals surface area contributed by atoms with E-state index >= 15 is 0 Å². The standard InChI is InChI=1S/C17H21FN4O2S/c18-11-1-3-12(4-2-11)20-17(24)22-8-13-14(9-22)16(13)19-7-15(23)21-5-6-25-10-21/h1-4,13-14,16,19H,5-10H2,(H,20,24). The SMILES string of the molecule is O=C(CNC1C2CN(C(=O)Nc3ccc(F)cc3)CC21)N1CCSC1. The molecule has 0 bridgehead atoms. The number of hydrogen-bond donors (Lipinski definition) is 2. The van der Waals surface area contributed by atoms with Crippen molar-refractivity contribution in [3.63, 3.8) is 0 Å². The molecule has 3 fully saturated rings. The van der Waals surface area contributed by atoms with Crippen molar-refractivity contribution < 1.29 is 14.0 Å². The van der Waals surface area contributed by atoms with Crippen LogP contribution >= 0.6 is 11.8 Å². The number of benzene rings is 1. The molecule has 2 aliphatic heterocycles. The summed E-state index contributed by atoms with van der Waals surface area (Å²) in [6.07, 6.45) is 0. The number of thioether (sulfide) groups is 1. The second-order valence-corrected chi connectivity index (χ2v) is 7.85. The molecule has 3 amide bonds. The van der Waals surface area contributed by atoms with E-state index in [2.05, 4.69) is 10.6 Å². The molecule has 134 valence electrons. The first-order valence-electron chi connectivity index (χ1n) is 8.52. The van der Waals surface area contributed by atoms with Crippen LogP contribution in [-0.4, -0.2) is 65.6 Å². The normalized spacial score (nSPS) is 27.3. The number of likely N-dealkylation sites (tertiary alicyclic amines) is 1. The predicted molar refractivity (Wildman–Crippen MR) is 94.8 cm³/mol. The van der Waals surface area contributed by atoms with Crippen LogP contribution in [0.5, 0.6) is 0 Å². The highest BCUT2D eigenvalue weighted by atomic mass is 32.2. The van der Waals surface area contributed by atoms with E-state index < -0.39 is 0 Å². The number of hydrogen-bond acceptors (Lipinski definition) is 4. The molecular weight excluding hydrogens is 343 g/mol. The van der Waals surface area contributed by atoms with Crippen LogP contribution in [0.2, 0.25) is 0 Å². The van der Waals surface area contributed by atoms with Crippen LogP contribution in [-0.2, 0) is 4.79 Å². The summed E-state index contributed by atoms with van der Waals surface area (Å²) in [5.41, 5.74) is 0.593. The minimum absolute atomic E-state index is 0.150. The Kier molecular flexibility index (Phi) is 4.56. The molecule has 4 rings (SSSR count). The lowest BCUT2D eigenvalue weighted by Gasteiger charge is -2.21. The Labute approximate surface area is 150 Å². The van der Waals surface area contributed by atoms with Crippen molar-refractivity contribution in [3.8, 4) is 0 Å². The van der Waals surface area contributed by atoms with Gasteiger partial charge >= 0.3 is 6.03 Å². The summed E-state index contributed by atoms with van der Waals surface area (Å²) in [4.78, 5) is 28.0. The average Bonchev–Trinajstić information content (AvgIpc) is 3.05. The molecule has 3 aliphatic rings. The number of urea groups is 1. The largest absolute Gasteiger partial charge is 0.332 e. The van der Waals surface area contributed by atoms with Crippen molar-refractivity contribution in [2.24, 2.45) is 11.8 Å². The van der Waals surface area contributed by atoms with Crippen LogP contribution in [0, 0.1) is 17.7 Å². The molecular formula is C17H21FN4O2S. The molecule has 2 atom stereocenters. The number of piperidine rings is 1. The average molecular weight is 364 g/mol. The molecule has 0 radical (unpaired) electrons. The van der Waals surface area contributed by atoms with E-state index in [4.69, 9.17) is 0 Å². The number of carbonyl (C=O) groups excluding carboxylic acids is 2. The molecule has 25 heavy (non-hydrogen) atoms. The molecule has 1 aliphatic carbocycles. The second-order valence-electron chi connectivity index (χ2n) is 6.77. The Bertz CT molecular complexity index is 653. The topological polar surface area (TPSA) is 64.7 Å². The van der Waals surface area contributed by atoms with E-state index in [1.165, 1.54) is 12.1 Å². The molecule has 1 aromatic carbocycles. The van der Waals surface area contributed by atoms with Gasteiger partial charge in [-0.1, -0.05) is 0 Å². The van der Waals surface area contributed by atoms with Crippen LogP contribution in [0.1, 0.15) is 0 Å². The number of halogens is 1. The maximum absolute atomic E-state index is 12.9. The van der Waals surface area contributed by atoms with Crippen LogP contribution < -0.4 is 10.6 Å². The van der Waals surface area contributed by atoms with Crippen LogP contribution in [0.15, 0.2) is 24.3 Å². The maximum Gasteiger partial charge on any atom is 0.321 e. The number of rotatable bonds is 4. The third-order valence-corrected chi connectivity index (χ3v) is 6.14. The van der Waals surface area contributed by atoms with Crippen molar-refractivity contribution in [1.29, 1.82) is 0 Å². The van der Waals surface area contributed by atoms with Gasteiger partial charge in [0.15, 0.2) is 0 Å².